The van der Waals surface area contributed by atoms with Crippen molar-refractivity contribution in [2.75, 3.05) is 0 Å². The first-order chi connectivity index (χ1) is 12.5. The quantitative estimate of drug-likeness (QED) is 0.299. The Morgan fingerprint density at radius 2 is 1.70 bits per heavy atom. The third-order valence-corrected chi connectivity index (χ3v) is 7.53. The Morgan fingerprint density at radius 1 is 1.07 bits per heavy atom. The van der Waals surface area contributed by atoms with Crippen LogP contribution in [0.25, 0.3) is 0 Å². The van der Waals surface area contributed by atoms with E-state index in [1.54, 1.807) is 6.92 Å². The standard InChI is InChI=1S/C18H22O9/c1-5(19)13-18-6(4-7(20)25-13)16(2)10-9(14(18)27-18)26-15(24)17(10,3)12(23)8(21)11(16)22/h4-5,8-14,19,21-23H,1-3H3. The third-order valence-electron chi connectivity index (χ3n) is 7.53. The molecular formula is C18H22O9. The van der Waals surface area contributed by atoms with E-state index in [1.165, 1.54) is 19.9 Å². The molecular weight excluding hydrogens is 360 g/mol. The third kappa shape index (κ3) is 1.62. The maximum absolute atomic E-state index is 12.7. The zero-order valence-corrected chi connectivity index (χ0v) is 15.0. The summed E-state index contributed by atoms with van der Waals surface area (Å²) in [7, 11) is 0. The van der Waals surface area contributed by atoms with Crippen molar-refractivity contribution in [1.29, 1.82) is 0 Å². The number of carbonyl (C=O) groups is 2. The number of rotatable bonds is 1. The highest BCUT2D eigenvalue weighted by Crippen LogP contribution is 2.72. The normalized spacial score (nSPS) is 58.9. The van der Waals surface area contributed by atoms with Crippen LogP contribution in [0.15, 0.2) is 11.6 Å². The van der Waals surface area contributed by atoms with Crippen molar-refractivity contribution < 1.29 is 44.2 Å². The van der Waals surface area contributed by atoms with Gasteiger partial charge in [0.15, 0.2) is 11.7 Å². The van der Waals surface area contributed by atoms with E-state index in [2.05, 4.69) is 0 Å². The molecule has 9 heteroatoms. The first kappa shape index (κ1) is 17.6. The van der Waals surface area contributed by atoms with Crippen molar-refractivity contribution in [2.24, 2.45) is 16.7 Å². The molecule has 11 unspecified atom stereocenters. The van der Waals surface area contributed by atoms with Gasteiger partial charge in [-0.2, -0.15) is 0 Å². The molecule has 4 N–H and O–H groups in total. The average molecular weight is 382 g/mol. The van der Waals surface area contributed by atoms with E-state index in [0.717, 1.165) is 0 Å². The van der Waals surface area contributed by atoms with Crippen LogP contribution in [0.5, 0.6) is 0 Å². The smallest absolute Gasteiger partial charge is 0.331 e. The van der Waals surface area contributed by atoms with E-state index < -0.39 is 77.0 Å². The zero-order chi connectivity index (χ0) is 19.7. The Bertz CT molecular complexity index is 792. The molecule has 3 heterocycles. The summed E-state index contributed by atoms with van der Waals surface area (Å²) < 4.78 is 16.8. The van der Waals surface area contributed by atoms with Gasteiger partial charge in [-0.3, -0.25) is 4.79 Å². The zero-order valence-electron chi connectivity index (χ0n) is 15.0. The highest BCUT2D eigenvalue weighted by molar-refractivity contribution is 5.87. The van der Waals surface area contributed by atoms with Gasteiger partial charge in [-0.1, -0.05) is 6.92 Å². The van der Waals surface area contributed by atoms with Crippen molar-refractivity contribution in [3.63, 3.8) is 0 Å². The lowest BCUT2D eigenvalue weighted by Gasteiger charge is -2.58. The van der Waals surface area contributed by atoms with E-state index in [1.807, 2.05) is 0 Å². The number of carbonyl (C=O) groups excluding carboxylic acids is 2. The van der Waals surface area contributed by atoms with Crippen LogP contribution >= 0.6 is 0 Å². The summed E-state index contributed by atoms with van der Waals surface area (Å²) in [5.74, 6) is -2.11. The summed E-state index contributed by atoms with van der Waals surface area (Å²) in [5.41, 5.74) is -3.64. The molecule has 4 fully saturated rings. The Hall–Kier alpha value is -1.52. The van der Waals surface area contributed by atoms with Gasteiger partial charge in [0.05, 0.1) is 18.3 Å². The lowest BCUT2D eigenvalue weighted by Crippen LogP contribution is -2.71. The van der Waals surface area contributed by atoms with Crippen molar-refractivity contribution in [3.8, 4) is 0 Å². The molecule has 1 spiro atoms. The second-order valence-electron chi connectivity index (χ2n) is 8.78. The topological polar surface area (TPSA) is 146 Å². The van der Waals surface area contributed by atoms with Gasteiger partial charge in [0, 0.05) is 17.4 Å². The Balaban J connectivity index is 1.77. The molecule has 5 rings (SSSR count). The van der Waals surface area contributed by atoms with E-state index in [9.17, 15) is 30.0 Å². The summed E-state index contributed by atoms with van der Waals surface area (Å²) in [6.07, 6.45) is -6.99. The van der Waals surface area contributed by atoms with Gasteiger partial charge in [-0.05, 0) is 19.4 Å². The number of hydrogen-bond acceptors (Lipinski definition) is 9. The van der Waals surface area contributed by atoms with Gasteiger partial charge in [0.1, 0.15) is 23.7 Å². The first-order valence-electron chi connectivity index (χ1n) is 9.06. The highest BCUT2D eigenvalue weighted by Gasteiger charge is 2.86. The van der Waals surface area contributed by atoms with Crippen LogP contribution in [-0.4, -0.2) is 80.7 Å². The van der Waals surface area contributed by atoms with Crippen molar-refractivity contribution in [2.45, 2.75) is 69.1 Å². The second-order valence-corrected chi connectivity index (χ2v) is 8.78. The van der Waals surface area contributed by atoms with Crippen LogP contribution in [0, 0.1) is 16.7 Å². The predicted molar refractivity (Wildman–Crippen MR) is 84.9 cm³/mol. The van der Waals surface area contributed by atoms with Crippen molar-refractivity contribution in [3.05, 3.63) is 11.6 Å². The fraction of sp³-hybridized carbons (Fsp3) is 0.778. The van der Waals surface area contributed by atoms with E-state index in [4.69, 9.17) is 14.2 Å². The maximum Gasteiger partial charge on any atom is 0.331 e. The molecule has 27 heavy (non-hydrogen) atoms. The lowest BCUT2D eigenvalue weighted by atomic mass is 9.45. The van der Waals surface area contributed by atoms with Gasteiger partial charge < -0.3 is 34.6 Å². The molecule has 2 saturated carbocycles. The minimum atomic E-state index is -1.63. The molecule has 148 valence electrons. The fourth-order valence-electron chi connectivity index (χ4n) is 6.28. The Kier molecular flexibility index (Phi) is 3.07. The SMILES string of the molecule is CC(O)C1OC(=O)C=C2C3(C)C(O)C(O)C(O)C4(C)C(=O)OC(C43)C3OC213. The number of cyclic esters (lactones) is 1. The molecule has 0 aromatic carbocycles. The molecule has 9 nitrogen and oxygen atoms in total. The Labute approximate surface area is 154 Å². The fourth-order valence-corrected chi connectivity index (χ4v) is 6.28. The largest absolute Gasteiger partial charge is 0.459 e. The molecule has 0 bridgehead atoms. The highest BCUT2D eigenvalue weighted by atomic mass is 16.7. The number of aliphatic hydroxyl groups excluding tert-OH is 4. The number of ether oxygens (including phenoxy) is 3. The van der Waals surface area contributed by atoms with Gasteiger partial charge in [-0.15, -0.1) is 0 Å². The summed E-state index contributed by atoms with van der Waals surface area (Å²) in [6.45, 7) is 4.60. The molecule has 0 aromatic heterocycles. The maximum atomic E-state index is 12.7. The number of epoxide rings is 1. The van der Waals surface area contributed by atoms with Crippen LogP contribution < -0.4 is 0 Å². The van der Waals surface area contributed by atoms with E-state index in [-0.39, 0.29) is 0 Å². The summed E-state index contributed by atoms with van der Waals surface area (Å²) in [4.78, 5) is 25.0. The average Bonchev–Trinajstić information content (AvgIpc) is 3.27. The van der Waals surface area contributed by atoms with Crippen LogP contribution in [-0.2, 0) is 23.8 Å². The van der Waals surface area contributed by atoms with E-state index >= 15 is 0 Å². The summed E-state index contributed by atoms with van der Waals surface area (Å²) in [6, 6.07) is 0. The lowest BCUT2D eigenvalue weighted by molar-refractivity contribution is -0.215. The van der Waals surface area contributed by atoms with Crippen LogP contribution in [0.4, 0.5) is 0 Å². The Morgan fingerprint density at radius 3 is 2.33 bits per heavy atom. The molecule has 0 aromatic rings. The molecule has 2 aliphatic carbocycles. The van der Waals surface area contributed by atoms with Crippen LogP contribution in [0.3, 0.4) is 0 Å². The predicted octanol–water partition coefficient (Wildman–Crippen LogP) is -1.98. The summed E-state index contributed by atoms with van der Waals surface area (Å²) >= 11 is 0. The minimum Gasteiger partial charge on any atom is -0.459 e. The second kappa shape index (κ2) is 4.72. The van der Waals surface area contributed by atoms with E-state index in [0.29, 0.717) is 5.57 Å². The number of esters is 2. The molecule has 0 amide bonds. The first-order valence-corrected chi connectivity index (χ1v) is 9.06. The minimum absolute atomic E-state index is 0.367. The van der Waals surface area contributed by atoms with Gasteiger partial charge in [0.2, 0.25) is 0 Å². The van der Waals surface area contributed by atoms with Crippen LogP contribution in [0.2, 0.25) is 0 Å². The number of aliphatic hydroxyl groups is 4. The van der Waals surface area contributed by atoms with Gasteiger partial charge in [-0.25, -0.2) is 4.79 Å². The number of hydrogen-bond donors (Lipinski definition) is 4. The van der Waals surface area contributed by atoms with Gasteiger partial charge >= 0.3 is 11.9 Å². The number of fused-ring (bicyclic) bond motifs is 2. The van der Waals surface area contributed by atoms with Crippen molar-refractivity contribution >= 4 is 11.9 Å². The van der Waals surface area contributed by atoms with Crippen LogP contribution in [0.1, 0.15) is 20.8 Å². The van der Waals surface area contributed by atoms with Crippen molar-refractivity contribution in [1.82, 2.24) is 0 Å². The molecule has 5 aliphatic rings. The molecule has 2 saturated heterocycles. The summed E-state index contributed by atoms with van der Waals surface area (Å²) in [5, 5.41) is 42.3. The molecule has 3 aliphatic heterocycles. The van der Waals surface area contributed by atoms with Gasteiger partial charge in [0.25, 0.3) is 0 Å². The molecule has 0 radical (unpaired) electrons. The molecule has 11 atom stereocenters. The monoisotopic (exact) mass is 382 g/mol.